The van der Waals surface area contributed by atoms with Gasteiger partial charge in [0.15, 0.2) is 0 Å². The second kappa shape index (κ2) is 87.4. The molecular weight excluding hydrogens is 472 g/mol. The lowest BCUT2D eigenvalue weighted by Crippen LogP contribution is -2.27. The van der Waals surface area contributed by atoms with Gasteiger partial charge in [-0.05, 0) is 0 Å². The fourth-order valence-electron chi connectivity index (χ4n) is 0.329. The molecule has 34 heavy (non-hydrogen) atoms. The topological polar surface area (TPSA) is 489 Å². The largest absolute Gasteiger partial charge is 0.481 e. The second-order valence-corrected chi connectivity index (χ2v) is 3.92. The summed E-state index contributed by atoms with van der Waals surface area (Å²) >= 11 is 0. The van der Waals surface area contributed by atoms with Crippen LogP contribution in [0.25, 0.3) is 0 Å². The molecule has 0 saturated heterocycles. The molecule has 0 aromatic rings. The van der Waals surface area contributed by atoms with Crippen LogP contribution < -0.4 is 47.5 Å². The van der Waals surface area contributed by atoms with Crippen LogP contribution >= 0.6 is 0 Å². The van der Waals surface area contributed by atoms with Crippen molar-refractivity contribution in [1.82, 2.24) is 36.1 Å². The minimum Gasteiger partial charge on any atom is -0.481 e. The Bertz CT molecular complexity index is 298. The molecule has 0 aliphatic rings. The average molecular weight is 525 g/mol. The smallest absolute Gasteiger partial charge is 0.300 e. The molecule has 0 fully saturated rings. The van der Waals surface area contributed by atoms with Crippen LogP contribution in [0.5, 0.6) is 0 Å². The van der Waals surface area contributed by atoms with Gasteiger partial charge in [0.05, 0.1) is 0 Å². The van der Waals surface area contributed by atoms with E-state index in [0.717, 1.165) is 47.7 Å². The van der Waals surface area contributed by atoms with E-state index < -0.39 is 29.8 Å². The first-order valence-corrected chi connectivity index (χ1v) is 7.16. The zero-order valence-corrected chi connectivity index (χ0v) is 20.8. The van der Waals surface area contributed by atoms with Crippen molar-refractivity contribution in [2.45, 2.75) is 34.6 Å². The Morgan fingerprint density at radius 3 is 0.647 bits per heavy atom. The van der Waals surface area contributed by atoms with Crippen LogP contribution in [-0.4, -0.2) is 92.5 Å². The maximum absolute atomic E-state index is 9.00. The zero-order valence-electron chi connectivity index (χ0n) is 20.8. The van der Waals surface area contributed by atoms with Crippen molar-refractivity contribution in [3.63, 3.8) is 0 Å². The molecule has 0 radical (unpaired) electrons. The van der Waals surface area contributed by atoms with Gasteiger partial charge in [-0.2, -0.15) is 0 Å². The molecule has 220 valence electrons. The number of hydrogen-bond acceptors (Lipinski definition) is 13. The van der Waals surface area contributed by atoms with Gasteiger partial charge in [0.1, 0.15) is 0 Å². The number of hydrogen-bond donors (Lipinski definition) is 13. The van der Waals surface area contributed by atoms with Crippen molar-refractivity contribution in [1.29, 1.82) is 0 Å². The summed E-state index contributed by atoms with van der Waals surface area (Å²) in [6, 6.07) is 0. The summed E-state index contributed by atoms with van der Waals surface area (Å²) in [5.41, 5.74) is 10.3. The van der Waals surface area contributed by atoms with Crippen LogP contribution in [0.15, 0.2) is 0 Å². The highest BCUT2D eigenvalue weighted by atomic mass is 16.4. The first-order valence-electron chi connectivity index (χ1n) is 7.16. The normalized spacial score (nSPS) is 5.62. The Labute approximate surface area is 199 Å². The van der Waals surface area contributed by atoms with Gasteiger partial charge >= 0.3 is 0 Å². The minimum absolute atomic E-state index is 0. The number of carboxylic acids is 5. The maximum atomic E-state index is 9.00. The lowest BCUT2D eigenvalue weighted by molar-refractivity contribution is -0.135. The van der Waals surface area contributed by atoms with Gasteiger partial charge in [-0.3, -0.25) is 24.0 Å². The van der Waals surface area contributed by atoms with Gasteiger partial charge in [0.2, 0.25) is 0 Å². The minimum atomic E-state index is -0.833. The fourth-order valence-corrected chi connectivity index (χ4v) is 0.329. The predicted octanol–water partition coefficient (Wildman–Crippen LogP) is -1.89. The van der Waals surface area contributed by atoms with E-state index in [4.69, 9.17) is 61.0 Å². The predicted molar refractivity (Wildman–Crippen MR) is 130 cm³/mol. The number of aliphatic carboxylic acids is 5. The quantitative estimate of drug-likeness (QED) is 0.178. The third-order valence-corrected chi connectivity index (χ3v) is 0.642. The summed E-state index contributed by atoms with van der Waals surface area (Å²) in [6.07, 6.45) is 0. The van der Waals surface area contributed by atoms with Crippen LogP contribution in [0.2, 0.25) is 0 Å². The first kappa shape index (κ1) is 86.2. The molecule has 0 saturated carbocycles. The molecule has 0 aromatic carbocycles. The molecule has 0 aliphatic heterocycles. The van der Waals surface area contributed by atoms with Crippen LogP contribution in [0.1, 0.15) is 34.6 Å². The average Bonchev–Trinajstić information content (AvgIpc) is 2.35. The third kappa shape index (κ3) is 25100. The Kier molecular flexibility index (Phi) is 221. The second-order valence-electron chi connectivity index (χ2n) is 3.92. The molecule has 0 rings (SSSR count). The van der Waals surface area contributed by atoms with Crippen molar-refractivity contribution < 1.29 is 60.5 Å². The summed E-state index contributed by atoms with van der Waals surface area (Å²) in [5, 5.41) is 40.1. The monoisotopic (exact) mass is 524 g/mol. The van der Waals surface area contributed by atoms with Gasteiger partial charge in [0.25, 0.3) is 29.8 Å². The van der Waals surface area contributed by atoms with Crippen molar-refractivity contribution >= 4 is 29.8 Å². The standard InChI is InChI=1S/C4H13N3.5C2H4O2.5H3N.2H2O/c5-1-3-7-4-2-6;5*1-2(3)4;;;;;;;/h7H,1-6H2;5*1H3,(H,3,4);5*1H3;2*1H2. The summed E-state index contributed by atoms with van der Waals surface area (Å²) in [6.45, 7) is 8.55. The fraction of sp³-hybridized carbons (Fsp3) is 0.643. The van der Waals surface area contributed by atoms with E-state index in [1.807, 2.05) is 0 Å². The third-order valence-electron chi connectivity index (χ3n) is 0.642. The molecule has 0 aliphatic carbocycles. The van der Waals surface area contributed by atoms with Crippen molar-refractivity contribution in [2.75, 3.05) is 26.2 Å². The molecule has 0 heterocycles. The first-order chi connectivity index (χ1) is 12.1. The molecule has 0 unspecified atom stereocenters. The van der Waals surface area contributed by atoms with E-state index in [2.05, 4.69) is 5.32 Å². The SMILES string of the molecule is CC(=O)O.CC(=O)O.CC(=O)O.CC(=O)O.CC(=O)O.N.N.N.N.N.NCCNCCN.O.O. The lowest BCUT2D eigenvalue weighted by Gasteiger charge is -1.95. The van der Waals surface area contributed by atoms with Crippen LogP contribution in [0.3, 0.4) is 0 Å². The van der Waals surface area contributed by atoms with Crippen LogP contribution in [-0.2, 0) is 24.0 Å². The molecular formula is C14H52N8O12. The number of nitrogens with one attached hydrogen (secondary N) is 1. The molecule has 0 atom stereocenters. The number of carbonyl (C=O) groups is 5. The van der Waals surface area contributed by atoms with Gasteiger partial charge in [0, 0.05) is 60.8 Å². The summed E-state index contributed by atoms with van der Waals surface area (Å²) in [5.74, 6) is -4.17. The highest BCUT2D eigenvalue weighted by Crippen LogP contribution is 1.49. The Hall–Kier alpha value is -3.05. The molecule has 29 N–H and O–H groups in total. The van der Waals surface area contributed by atoms with Gasteiger partial charge in [-0.15, -0.1) is 0 Å². The number of rotatable bonds is 4. The number of nitrogens with two attached hydrogens (primary N) is 2. The van der Waals surface area contributed by atoms with Crippen LogP contribution in [0.4, 0.5) is 0 Å². The zero-order chi connectivity index (χ0) is 23.4. The van der Waals surface area contributed by atoms with E-state index in [9.17, 15) is 0 Å². The summed E-state index contributed by atoms with van der Waals surface area (Å²) < 4.78 is 0. The van der Waals surface area contributed by atoms with Crippen molar-refractivity contribution in [2.24, 2.45) is 11.5 Å². The molecule has 20 nitrogen and oxygen atoms in total. The van der Waals surface area contributed by atoms with E-state index in [-0.39, 0.29) is 41.7 Å². The van der Waals surface area contributed by atoms with Gasteiger partial charge in [-0.25, -0.2) is 0 Å². The van der Waals surface area contributed by atoms with E-state index >= 15 is 0 Å². The maximum Gasteiger partial charge on any atom is 0.300 e. The van der Waals surface area contributed by atoms with E-state index in [0.29, 0.717) is 13.1 Å². The molecule has 0 bridgehead atoms. The van der Waals surface area contributed by atoms with E-state index in [1.165, 1.54) is 0 Å². The van der Waals surface area contributed by atoms with Crippen LogP contribution in [0, 0.1) is 0 Å². The lowest BCUT2D eigenvalue weighted by atomic mass is 10.6. The molecule has 0 amide bonds. The summed E-state index contributed by atoms with van der Waals surface area (Å²) in [7, 11) is 0. The Morgan fingerprint density at radius 2 is 0.588 bits per heavy atom. The Balaban J connectivity index is -0.0000000138. The van der Waals surface area contributed by atoms with E-state index in [1.54, 1.807) is 0 Å². The summed E-state index contributed by atoms with van der Waals surface area (Å²) in [4.78, 5) is 45.0. The highest BCUT2D eigenvalue weighted by Gasteiger charge is 1.76. The highest BCUT2D eigenvalue weighted by molar-refractivity contribution is 5.63. The molecule has 20 heteroatoms. The Morgan fingerprint density at radius 1 is 0.500 bits per heavy atom. The number of carboxylic acid groups (broad SMARTS) is 5. The van der Waals surface area contributed by atoms with Gasteiger partial charge in [-0.1, -0.05) is 0 Å². The molecule has 0 spiro atoms. The van der Waals surface area contributed by atoms with Gasteiger partial charge < -0.3 is 84.0 Å². The molecule has 0 aromatic heterocycles. The van der Waals surface area contributed by atoms with Crippen molar-refractivity contribution in [3.05, 3.63) is 0 Å². The van der Waals surface area contributed by atoms with Crippen molar-refractivity contribution in [3.8, 4) is 0 Å².